The Kier molecular flexibility index (Phi) is 7.23. The summed E-state index contributed by atoms with van der Waals surface area (Å²) in [4.78, 5) is 7.14. The molecule has 0 saturated carbocycles. The number of rotatable bonds is 6. The summed E-state index contributed by atoms with van der Waals surface area (Å²) in [5.74, 6) is 0.978. The van der Waals surface area contributed by atoms with Crippen molar-refractivity contribution in [2.24, 2.45) is 4.99 Å². The van der Waals surface area contributed by atoms with Gasteiger partial charge in [0.25, 0.3) is 0 Å². The minimum atomic E-state index is 0.543. The van der Waals surface area contributed by atoms with Crippen LogP contribution in [0.2, 0.25) is 0 Å². The zero-order valence-corrected chi connectivity index (χ0v) is 14.0. The van der Waals surface area contributed by atoms with E-state index in [2.05, 4.69) is 64.7 Å². The lowest BCUT2D eigenvalue weighted by molar-refractivity contribution is 0.198. The van der Waals surface area contributed by atoms with E-state index in [9.17, 15) is 0 Å². The van der Waals surface area contributed by atoms with Gasteiger partial charge in [0.1, 0.15) is 0 Å². The van der Waals surface area contributed by atoms with Gasteiger partial charge in [0, 0.05) is 38.8 Å². The number of aliphatic imine (C=N–C) groups is 1. The lowest BCUT2D eigenvalue weighted by atomic mass is 10.0. The first-order chi connectivity index (χ1) is 10.8. The molecule has 1 saturated heterocycles. The molecule has 0 bridgehead atoms. The third-order valence-electron chi connectivity index (χ3n) is 4.02. The summed E-state index contributed by atoms with van der Waals surface area (Å²) in [6, 6.07) is 11.3. The first-order valence-electron chi connectivity index (χ1n) is 8.63. The topological polar surface area (TPSA) is 39.7 Å². The molecular weight excluding hydrogens is 272 g/mol. The van der Waals surface area contributed by atoms with Gasteiger partial charge in [-0.25, -0.2) is 0 Å². The minimum absolute atomic E-state index is 0.543. The SMILES string of the molecule is CCCN=C(NCC)NC1CCN(Cc2ccccc2)CC1. The summed E-state index contributed by atoms with van der Waals surface area (Å²) in [6.07, 6.45) is 3.46. The van der Waals surface area contributed by atoms with Crippen molar-refractivity contribution in [3.05, 3.63) is 35.9 Å². The molecule has 0 radical (unpaired) electrons. The summed E-state index contributed by atoms with van der Waals surface area (Å²) in [7, 11) is 0. The van der Waals surface area contributed by atoms with Crippen LogP contribution in [0.3, 0.4) is 0 Å². The summed E-state index contributed by atoms with van der Waals surface area (Å²) in [6.45, 7) is 9.46. The standard InChI is InChI=1S/C18H30N4/c1-3-12-20-18(19-4-2)21-17-10-13-22(14-11-17)15-16-8-6-5-7-9-16/h5-9,17H,3-4,10-15H2,1-2H3,(H2,19,20,21). The van der Waals surface area contributed by atoms with Crippen molar-refractivity contribution in [3.8, 4) is 0 Å². The van der Waals surface area contributed by atoms with E-state index in [0.717, 1.165) is 45.1 Å². The Bertz CT molecular complexity index is 436. The van der Waals surface area contributed by atoms with Crippen molar-refractivity contribution in [1.82, 2.24) is 15.5 Å². The van der Waals surface area contributed by atoms with Gasteiger partial charge < -0.3 is 10.6 Å². The van der Waals surface area contributed by atoms with Crippen molar-refractivity contribution in [1.29, 1.82) is 0 Å². The summed E-state index contributed by atoms with van der Waals surface area (Å²) >= 11 is 0. The fourth-order valence-corrected chi connectivity index (χ4v) is 2.81. The summed E-state index contributed by atoms with van der Waals surface area (Å²) in [5, 5.41) is 6.93. The van der Waals surface area contributed by atoms with Crippen LogP contribution in [0.5, 0.6) is 0 Å². The fourth-order valence-electron chi connectivity index (χ4n) is 2.81. The monoisotopic (exact) mass is 302 g/mol. The number of benzene rings is 1. The van der Waals surface area contributed by atoms with Crippen molar-refractivity contribution in [2.45, 2.75) is 45.7 Å². The van der Waals surface area contributed by atoms with Crippen LogP contribution in [0.4, 0.5) is 0 Å². The highest BCUT2D eigenvalue weighted by Gasteiger charge is 2.19. The molecule has 4 heteroatoms. The fraction of sp³-hybridized carbons (Fsp3) is 0.611. The molecule has 0 aromatic heterocycles. The average molecular weight is 302 g/mol. The van der Waals surface area contributed by atoms with E-state index >= 15 is 0 Å². The molecule has 0 atom stereocenters. The van der Waals surface area contributed by atoms with Crippen LogP contribution < -0.4 is 10.6 Å². The quantitative estimate of drug-likeness (QED) is 0.627. The Balaban J connectivity index is 1.76. The van der Waals surface area contributed by atoms with Crippen LogP contribution in [0.1, 0.15) is 38.7 Å². The molecule has 22 heavy (non-hydrogen) atoms. The van der Waals surface area contributed by atoms with E-state index in [1.807, 2.05) is 0 Å². The molecule has 4 nitrogen and oxygen atoms in total. The van der Waals surface area contributed by atoms with Crippen LogP contribution >= 0.6 is 0 Å². The second kappa shape index (κ2) is 9.46. The largest absolute Gasteiger partial charge is 0.357 e. The van der Waals surface area contributed by atoms with Gasteiger partial charge in [-0.05, 0) is 31.7 Å². The first kappa shape index (κ1) is 16.8. The minimum Gasteiger partial charge on any atom is -0.357 e. The second-order valence-electron chi connectivity index (χ2n) is 5.94. The highest BCUT2D eigenvalue weighted by molar-refractivity contribution is 5.80. The summed E-state index contributed by atoms with van der Waals surface area (Å²) < 4.78 is 0. The third-order valence-corrected chi connectivity index (χ3v) is 4.02. The second-order valence-corrected chi connectivity index (χ2v) is 5.94. The number of hydrogen-bond acceptors (Lipinski definition) is 2. The Morgan fingerprint density at radius 2 is 1.91 bits per heavy atom. The Morgan fingerprint density at radius 1 is 1.18 bits per heavy atom. The predicted molar refractivity (Wildman–Crippen MR) is 94.1 cm³/mol. The van der Waals surface area contributed by atoms with E-state index in [0.29, 0.717) is 6.04 Å². The molecule has 1 aromatic carbocycles. The zero-order chi connectivity index (χ0) is 15.6. The maximum absolute atomic E-state index is 4.59. The number of nitrogens with zero attached hydrogens (tertiary/aromatic N) is 2. The maximum atomic E-state index is 4.59. The number of hydrogen-bond donors (Lipinski definition) is 2. The smallest absolute Gasteiger partial charge is 0.191 e. The first-order valence-corrected chi connectivity index (χ1v) is 8.63. The lowest BCUT2D eigenvalue weighted by Gasteiger charge is -2.33. The van der Waals surface area contributed by atoms with Crippen molar-refractivity contribution >= 4 is 5.96 Å². The normalized spacial score (nSPS) is 17.5. The van der Waals surface area contributed by atoms with Crippen LogP contribution in [-0.4, -0.2) is 43.1 Å². The molecule has 122 valence electrons. The van der Waals surface area contributed by atoms with E-state index < -0.39 is 0 Å². The lowest BCUT2D eigenvalue weighted by Crippen LogP contribution is -2.48. The molecule has 1 fully saturated rings. The van der Waals surface area contributed by atoms with Gasteiger partial charge >= 0.3 is 0 Å². The van der Waals surface area contributed by atoms with Crippen molar-refractivity contribution in [2.75, 3.05) is 26.2 Å². The molecule has 1 aromatic rings. The van der Waals surface area contributed by atoms with Gasteiger partial charge in [0.05, 0.1) is 0 Å². The molecule has 0 spiro atoms. The molecule has 0 amide bonds. The van der Waals surface area contributed by atoms with Crippen molar-refractivity contribution < 1.29 is 0 Å². The highest BCUT2D eigenvalue weighted by Crippen LogP contribution is 2.13. The number of piperidine rings is 1. The Morgan fingerprint density at radius 3 is 2.55 bits per heavy atom. The molecule has 1 heterocycles. The molecule has 2 rings (SSSR count). The highest BCUT2D eigenvalue weighted by atomic mass is 15.2. The van der Waals surface area contributed by atoms with Gasteiger partial charge in [0.15, 0.2) is 5.96 Å². The van der Waals surface area contributed by atoms with Crippen LogP contribution in [0, 0.1) is 0 Å². The van der Waals surface area contributed by atoms with E-state index in [1.54, 1.807) is 0 Å². The third kappa shape index (κ3) is 5.68. The van der Waals surface area contributed by atoms with Gasteiger partial charge in [-0.3, -0.25) is 9.89 Å². The predicted octanol–water partition coefficient (Wildman–Crippen LogP) is 2.62. The molecule has 0 aliphatic carbocycles. The van der Waals surface area contributed by atoms with Crippen LogP contribution in [0.15, 0.2) is 35.3 Å². The Labute approximate surface area is 135 Å². The summed E-state index contributed by atoms with van der Waals surface area (Å²) in [5.41, 5.74) is 1.41. The van der Waals surface area contributed by atoms with E-state index in [1.165, 1.54) is 18.4 Å². The molecule has 1 aliphatic heterocycles. The van der Waals surface area contributed by atoms with Crippen LogP contribution in [0.25, 0.3) is 0 Å². The molecule has 0 unspecified atom stereocenters. The van der Waals surface area contributed by atoms with E-state index in [-0.39, 0.29) is 0 Å². The molecule has 1 aliphatic rings. The van der Waals surface area contributed by atoms with Gasteiger partial charge in [-0.15, -0.1) is 0 Å². The van der Waals surface area contributed by atoms with Gasteiger partial charge in [0.2, 0.25) is 0 Å². The molecular formula is C18H30N4. The van der Waals surface area contributed by atoms with Gasteiger partial charge in [-0.2, -0.15) is 0 Å². The number of likely N-dealkylation sites (tertiary alicyclic amines) is 1. The Hall–Kier alpha value is -1.55. The van der Waals surface area contributed by atoms with E-state index in [4.69, 9.17) is 0 Å². The van der Waals surface area contributed by atoms with Gasteiger partial charge in [-0.1, -0.05) is 37.3 Å². The number of guanidine groups is 1. The maximum Gasteiger partial charge on any atom is 0.191 e. The van der Waals surface area contributed by atoms with Crippen LogP contribution in [-0.2, 0) is 6.54 Å². The number of nitrogens with one attached hydrogen (secondary N) is 2. The molecule has 2 N–H and O–H groups in total. The van der Waals surface area contributed by atoms with Crippen molar-refractivity contribution in [3.63, 3.8) is 0 Å². The average Bonchev–Trinajstić information content (AvgIpc) is 2.55. The zero-order valence-electron chi connectivity index (χ0n) is 14.0.